The fraction of sp³-hybridized carbons (Fsp3) is 0.316. The number of aromatic nitrogens is 5. The van der Waals surface area contributed by atoms with Gasteiger partial charge in [-0.2, -0.15) is 4.80 Å². The van der Waals surface area contributed by atoms with Gasteiger partial charge in [0.2, 0.25) is 5.82 Å². The highest BCUT2D eigenvalue weighted by molar-refractivity contribution is 7.45. The molecule has 13 nitrogen and oxygen atoms in total. The molecule has 0 spiro atoms. The lowest BCUT2D eigenvalue weighted by molar-refractivity contribution is 0.0437. The molecule has 0 radical (unpaired) electrons. The van der Waals surface area contributed by atoms with Crippen LogP contribution in [0, 0.1) is 5.82 Å². The molecule has 0 bridgehead atoms. The zero-order chi connectivity index (χ0) is 25.0. The van der Waals surface area contributed by atoms with Crippen LogP contribution in [0.15, 0.2) is 36.5 Å². The zero-order valence-electron chi connectivity index (χ0n) is 18.1. The molecule has 34 heavy (non-hydrogen) atoms. The third kappa shape index (κ3) is 6.40. The van der Waals surface area contributed by atoms with E-state index in [4.69, 9.17) is 24.0 Å². The van der Waals surface area contributed by atoms with Gasteiger partial charge in [0.25, 0.3) is 0 Å². The second-order valence-corrected chi connectivity index (χ2v) is 8.21. The Bertz CT molecular complexity index is 1190. The number of carbonyl (C=O) groups is 1. The lowest BCUT2D eigenvalue weighted by Gasteiger charge is -2.15. The molecule has 2 atom stereocenters. The van der Waals surface area contributed by atoms with Crippen molar-refractivity contribution in [2.75, 3.05) is 11.4 Å². The first-order chi connectivity index (χ1) is 16.0. The molecule has 1 aliphatic rings. The largest absolute Gasteiger partial charge is 0.466 e. The van der Waals surface area contributed by atoms with Crippen LogP contribution in [-0.2, 0) is 15.8 Å². The molecule has 4 N–H and O–H groups in total. The molecule has 2 aromatic heterocycles. The number of phosphoric acid groups is 1. The Balaban J connectivity index is 0.000000588. The second kappa shape index (κ2) is 10.3. The van der Waals surface area contributed by atoms with Crippen LogP contribution in [0.1, 0.15) is 13.8 Å². The molecule has 0 saturated carbocycles. The van der Waals surface area contributed by atoms with Gasteiger partial charge in [0.05, 0.1) is 24.9 Å². The SMILES string of the molecule is CCn1nnc(-c2ccc(-c3ccc(N4CC(C(C)O)OC4=O)cc3F)cn2)n1.O=P(O)(O)O. The Morgan fingerprint density at radius 1 is 1.26 bits per heavy atom. The summed E-state index contributed by atoms with van der Waals surface area (Å²) in [5, 5.41) is 21.6. The molecule has 15 heteroatoms. The summed E-state index contributed by atoms with van der Waals surface area (Å²) in [6.07, 6.45) is -0.512. The van der Waals surface area contributed by atoms with Crippen molar-refractivity contribution in [3.63, 3.8) is 0 Å². The van der Waals surface area contributed by atoms with Crippen LogP contribution in [-0.4, -0.2) is 69.8 Å². The molecule has 2 unspecified atom stereocenters. The van der Waals surface area contributed by atoms with Crippen LogP contribution < -0.4 is 4.90 Å². The molecule has 1 aliphatic heterocycles. The number of halogens is 1. The van der Waals surface area contributed by atoms with Crippen LogP contribution in [0.4, 0.5) is 14.9 Å². The van der Waals surface area contributed by atoms with Crippen molar-refractivity contribution >= 4 is 19.6 Å². The number of aryl methyl sites for hydroxylation is 1. The summed E-state index contributed by atoms with van der Waals surface area (Å²) in [7, 11) is -4.64. The van der Waals surface area contributed by atoms with Gasteiger partial charge in [0.1, 0.15) is 17.6 Å². The summed E-state index contributed by atoms with van der Waals surface area (Å²) in [5.41, 5.74) is 1.82. The van der Waals surface area contributed by atoms with Crippen LogP contribution in [0.25, 0.3) is 22.6 Å². The number of carbonyl (C=O) groups excluding carboxylic acids is 1. The lowest BCUT2D eigenvalue weighted by atomic mass is 10.1. The van der Waals surface area contributed by atoms with E-state index in [0.29, 0.717) is 34.9 Å². The van der Waals surface area contributed by atoms with Crippen molar-refractivity contribution in [1.29, 1.82) is 0 Å². The van der Waals surface area contributed by atoms with Crippen molar-refractivity contribution in [2.45, 2.75) is 32.6 Å². The maximum atomic E-state index is 14.8. The molecular weight excluding hydrogens is 474 g/mol. The Kier molecular flexibility index (Phi) is 7.69. The lowest BCUT2D eigenvalue weighted by Crippen LogP contribution is -2.29. The Morgan fingerprint density at radius 2 is 1.97 bits per heavy atom. The molecular formula is C19H22FN6O7P. The van der Waals surface area contributed by atoms with Crippen molar-refractivity contribution in [3.05, 3.63) is 42.3 Å². The smallest absolute Gasteiger partial charge is 0.441 e. The summed E-state index contributed by atoms with van der Waals surface area (Å²) in [4.78, 5) is 40.6. The van der Waals surface area contributed by atoms with Crippen LogP contribution in [0.3, 0.4) is 0 Å². The molecule has 3 heterocycles. The molecule has 3 aromatic rings. The maximum absolute atomic E-state index is 14.8. The number of aliphatic hydroxyl groups excluding tert-OH is 1. The van der Waals surface area contributed by atoms with Gasteiger partial charge in [0.15, 0.2) is 0 Å². The summed E-state index contributed by atoms with van der Waals surface area (Å²) in [5.74, 6) is -0.102. The number of cyclic esters (lactones) is 1. The first kappa shape index (κ1) is 25.3. The predicted molar refractivity (Wildman–Crippen MR) is 116 cm³/mol. The van der Waals surface area contributed by atoms with E-state index >= 15 is 0 Å². The molecule has 1 aromatic carbocycles. The number of nitrogens with zero attached hydrogens (tertiary/aromatic N) is 6. The van der Waals surface area contributed by atoms with Crippen molar-refractivity contribution in [3.8, 4) is 22.6 Å². The number of benzene rings is 1. The number of ether oxygens (including phenoxy) is 1. The maximum Gasteiger partial charge on any atom is 0.466 e. The summed E-state index contributed by atoms with van der Waals surface area (Å²) in [6.45, 7) is 4.21. The fourth-order valence-electron chi connectivity index (χ4n) is 3.02. The van der Waals surface area contributed by atoms with E-state index in [9.17, 15) is 14.3 Å². The number of amides is 1. The van der Waals surface area contributed by atoms with Crippen molar-refractivity contribution in [2.24, 2.45) is 0 Å². The standard InChI is InChI=1S/C19H19FN6O3.H3O4P/c1-3-26-23-18(22-24-26)16-7-4-12(9-21-16)14-6-5-13(8-15(14)20)25-10-17(11(2)27)29-19(25)28;1-5(2,3)4/h4-9,11,17,27H,3,10H2,1-2H3;(H3,1,2,3,4). The summed E-state index contributed by atoms with van der Waals surface area (Å²) < 4.78 is 28.7. The Hall–Kier alpha value is -3.29. The first-order valence-electron chi connectivity index (χ1n) is 9.95. The number of pyridine rings is 1. The highest BCUT2D eigenvalue weighted by Gasteiger charge is 2.35. The van der Waals surface area contributed by atoms with Crippen LogP contribution in [0.5, 0.6) is 0 Å². The molecule has 0 aliphatic carbocycles. The van der Waals surface area contributed by atoms with Gasteiger partial charge >= 0.3 is 13.9 Å². The highest BCUT2D eigenvalue weighted by atomic mass is 31.2. The first-order valence-corrected chi connectivity index (χ1v) is 11.5. The third-order valence-electron chi connectivity index (χ3n) is 4.68. The predicted octanol–water partition coefficient (Wildman–Crippen LogP) is 1.34. The van der Waals surface area contributed by atoms with E-state index < -0.39 is 31.9 Å². The molecule has 1 amide bonds. The topological polar surface area (TPSA) is 184 Å². The number of hydrogen-bond donors (Lipinski definition) is 4. The summed E-state index contributed by atoms with van der Waals surface area (Å²) >= 11 is 0. The molecule has 1 fully saturated rings. The van der Waals surface area contributed by atoms with E-state index in [-0.39, 0.29) is 6.54 Å². The van der Waals surface area contributed by atoms with Crippen molar-refractivity contribution in [1.82, 2.24) is 25.2 Å². The quantitative estimate of drug-likeness (QED) is 0.374. The van der Waals surface area contributed by atoms with E-state index in [1.165, 1.54) is 22.0 Å². The van der Waals surface area contributed by atoms with Gasteiger partial charge in [-0.25, -0.2) is 13.8 Å². The minimum atomic E-state index is -4.64. The van der Waals surface area contributed by atoms with E-state index in [1.807, 2.05) is 6.92 Å². The third-order valence-corrected chi connectivity index (χ3v) is 4.68. The van der Waals surface area contributed by atoms with Gasteiger partial charge < -0.3 is 24.5 Å². The van der Waals surface area contributed by atoms with E-state index in [2.05, 4.69) is 20.4 Å². The monoisotopic (exact) mass is 496 g/mol. The number of hydrogen-bond acceptors (Lipinski definition) is 8. The minimum absolute atomic E-state index is 0.164. The Labute approximate surface area is 192 Å². The fourth-order valence-corrected chi connectivity index (χ4v) is 3.02. The zero-order valence-corrected chi connectivity index (χ0v) is 18.9. The number of rotatable bonds is 5. The van der Waals surface area contributed by atoms with Gasteiger partial charge in [0, 0.05) is 17.3 Å². The molecule has 4 rings (SSSR count). The van der Waals surface area contributed by atoms with E-state index in [0.717, 1.165) is 0 Å². The number of aliphatic hydroxyl groups is 1. The average Bonchev–Trinajstić information content (AvgIpc) is 3.39. The molecule has 182 valence electrons. The van der Waals surface area contributed by atoms with Gasteiger partial charge in [-0.3, -0.25) is 9.88 Å². The van der Waals surface area contributed by atoms with Crippen LogP contribution in [0.2, 0.25) is 0 Å². The van der Waals surface area contributed by atoms with E-state index in [1.54, 1.807) is 31.2 Å². The second-order valence-electron chi connectivity index (χ2n) is 7.18. The average molecular weight is 496 g/mol. The van der Waals surface area contributed by atoms with Crippen LogP contribution >= 0.6 is 7.82 Å². The van der Waals surface area contributed by atoms with Crippen molar-refractivity contribution < 1.29 is 38.3 Å². The van der Waals surface area contributed by atoms with Gasteiger partial charge in [-0.15, -0.1) is 10.2 Å². The van der Waals surface area contributed by atoms with Gasteiger partial charge in [-0.1, -0.05) is 6.07 Å². The molecule has 1 saturated heterocycles. The minimum Gasteiger partial charge on any atom is -0.441 e. The number of tetrazole rings is 1. The number of anilines is 1. The Morgan fingerprint density at radius 3 is 2.47 bits per heavy atom. The van der Waals surface area contributed by atoms with Gasteiger partial charge in [-0.05, 0) is 43.3 Å². The summed E-state index contributed by atoms with van der Waals surface area (Å²) in [6, 6.07) is 7.90. The highest BCUT2D eigenvalue weighted by Crippen LogP contribution is 2.30. The normalized spacial score (nSPS) is 16.6.